The first-order valence-electron chi connectivity index (χ1n) is 7.93. The van der Waals surface area contributed by atoms with E-state index in [1.165, 1.54) is 0 Å². The summed E-state index contributed by atoms with van der Waals surface area (Å²) in [5.74, 6) is 1.12. The summed E-state index contributed by atoms with van der Waals surface area (Å²) in [7, 11) is 0. The third-order valence-corrected chi connectivity index (χ3v) is 4.28. The predicted octanol–water partition coefficient (Wildman–Crippen LogP) is 1.65. The summed E-state index contributed by atoms with van der Waals surface area (Å²) in [5.41, 5.74) is 0.773. The van der Waals surface area contributed by atoms with E-state index in [0.29, 0.717) is 42.1 Å². The first-order valence-corrected chi connectivity index (χ1v) is 8.31. The molecule has 0 aliphatic carbocycles. The number of nitrogens with zero attached hydrogens (tertiary/aromatic N) is 1. The van der Waals surface area contributed by atoms with Gasteiger partial charge in [-0.25, -0.2) is 0 Å². The molecule has 2 fully saturated rings. The molecule has 0 spiro atoms. The number of halogens is 1. The Labute approximate surface area is 135 Å². The highest BCUT2D eigenvalue weighted by molar-refractivity contribution is 6.32. The van der Waals surface area contributed by atoms with Crippen LogP contribution in [0.4, 0.5) is 5.69 Å². The average molecular weight is 327 g/mol. The summed E-state index contributed by atoms with van der Waals surface area (Å²) < 4.78 is 11.7. The monoisotopic (exact) mass is 326 g/mol. The molecule has 3 N–H and O–H groups in total. The molecule has 2 atom stereocenters. The Morgan fingerprint density at radius 3 is 2.41 bits per heavy atom. The van der Waals surface area contributed by atoms with E-state index in [2.05, 4.69) is 20.9 Å². The minimum atomic E-state index is 0.398. The lowest BCUT2D eigenvalue weighted by Gasteiger charge is -2.29. The summed E-state index contributed by atoms with van der Waals surface area (Å²) in [4.78, 5) is 4.35. The maximum Gasteiger partial charge on any atom is 0.258 e. The van der Waals surface area contributed by atoms with Gasteiger partial charge >= 0.3 is 0 Å². The highest BCUT2D eigenvalue weighted by atomic mass is 35.5. The largest absolute Gasteiger partial charge is 0.486 e. The number of pyridine rings is 1. The maximum absolute atomic E-state index is 6.21. The Hall–Kier alpha value is -1.24. The van der Waals surface area contributed by atoms with Crippen LogP contribution in [0, 0.1) is 0 Å². The summed E-state index contributed by atoms with van der Waals surface area (Å²) in [5, 5.41) is 10.2. The molecule has 2 saturated heterocycles. The van der Waals surface area contributed by atoms with E-state index in [-0.39, 0.29) is 0 Å². The van der Waals surface area contributed by atoms with Gasteiger partial charge in [-0.3, -0.25) is 0 Å². The highest BCUT2D eigenvalue weighted by Gasteiger charge is 2.21. The van der Waals surface area contributed by atoms with Gasteiger partial charge in [0.15, 0.2) is 10.9 Å². The summed E-state index contributed by atoms with van der Waals surface area (Å²) in [6.07, 6.45) is 2.27. The Balaban J connectivity index is 1.69. The second-order valence-electron chi connectivity index (χ2n) is 5.66. The van der Waals surface area contributed by atoms with Crippen molar-refractivity contribution in [3.8, 4) is 11.6 Å². The third-order valence-electron chi connectivity index (χ3n) is 3.99. The van der Waals surface area contributed by atoms with Crippen LogP contribution >= 0.6 is 11.6 Å². The Kier molecular flexibility index (Phi) is 5.23. The quantitative estimate of drug-likeness (QED) is 0.631. The van der Waals surface area contributed by atoms with Crippen molar-refractivity contribution in [2.24, 2.45) is 0 Å². The fraction of sp³-hybridized carbons (Fsp3) is 0.667. The van der Waals surface area contributed by atoms with Crippen molar-refractivity contribution >= 4 is 17.3 Å². The average Bonchev–Trinajstić information content (AvgIpc) is 2.39. The van der Waals surface area contributed by atoms with E-state index in [1.807, 2.05) is 13.0 Å². The first-order chi connectivity index (χ1) is 10.8. The molecule has 22 heavy (non-hydrogen) atoms. The Bertz CT molecular complexity index is 507. The van der Waals surface area contributed by atoms with Crippen LogP contribution in [0.3, 0.4) is 0 Å². The molecule has 0 amide bonds. The van der Waals surface area contributed by atoms with Crippen LogP contribution in [0.1, 0.15) is 19.8 Å². The Morgan fingerprint density at radius 2 is 1.86 bits per heavy atom. The molecule has 0 saturated carbocycles. The van der Waals surface area contributed by atoms with Crippen LogP contribution < -0.4 is 25.4 Å². The number of hydrogen-bond donors (Lipinski definition) is 3. The number of anilines is 1. The molecule has 2 aliphatic rings. The second-order valence-corrected chi connectivity index (χ2v) is 6.02. The molecule has 3 heterocycles. The van der Waals surface area contributed by atoms with Gasteiger partial charge in [0.1, 0.15) is 13.2 Å². The van der Waals surface area contributed by atoms with E-state index >= 15 is 0 Å². The molecule has 0 unspecified atom stereocenters. The highest BCUT2D eigenvalue weighted by Crippen LogP contribution is 2.33. The van der Waals surface area contributed by atoms with Gasteiger partial charge in [0.05, 0.1) is 5.69 Å². The van der Waals surface area contributed by atoms with Crippen LogP contribution in [-0.4, -0.2) is 49.9 Å². The molecule has 0 bridgehead atoms. The summed E-state index contributed by atoms with van der Waals surface area (Å²) in [6.45, 7) is 6.11. The van der Waals surface area contributed by atoms with Crippen molar-refractivity contribution in [1.29, 1.82) is 0 Å². The van der Waals surface area contributed by atoms with Crippen LogP contribution in [0.25, 0.3) is 0 Å². The van der Waals surface area contributed by atoms with Crippen molar-refractivity contribution in [2.75, 3.05) is 38.2 Å². The zero-order chi connectivity index (χ0) is 15.4. The lowest BCUT2D eigenvalue weighted by Crippen LogP contribution is -2.47. The van der Waals surface area contributed by atoms with Gasteiger partial charge in [-0.1, -0.05) is 11.6 Å². The Morgan fingerprint density at radius 1 is 1.23 bits per heavy atom. The van der Waals surface area contributed by atoms with Gasteiger partial charge in [-0.15, -0.1) is 0 Å². The molecule has 0 aromatic carbocycles. The molecular weight excluding hydrogens is 304 g/mol. The molecular formula is C15H23ClN4O2. The van der Waals surface area contributed by atoms with E-state index in [0.717, 1.165) is 38.2 Å². The zero-order valence-corrected chi connectivity index (χ0v) is 13.6. The van der Waals surface area contributed by atoms with Crippen molar-refractivity contribution in [3.05, 3.63) is 11.2 Å². The topological polar surface area (TPSA) is 67.4 Å². The van der Waals surface area contributed by atoms with Gasteiger partial charge in [0, 0.05) is 24.7 Å². The number of ether oxygens (including phenoxy) is 2. The molecule has 6 nitrogen and oxygen atoms in total. The summed E-state index contributed by atoms with van der Waals surface area (Å²) >= 11 is 6.21. The van der Waals surface area contributed by atoms with E-state index in [4.69, 9.17) is 21.1 Å². The number of rotatable bonds is 8. The maximum atomic E-state index is 6.21. The smallest absolute Gasteiger partial charge is 0.258 e. The van der Waals surface area contributed by atoms with Crippen LogP contribution in [0.5, 0.6) is 11.6 Å². The van der Waals surface area contributed by atoms with E-state index in [1.54, 1.807) is 0 Å². The van der Waals surface area contributed by atoms with Crippen molar-refractivity contribution in [2.45, 2.75) is 31.8 Å². The molecule has 1 aromatic heterocycles. The van der Waals surface area contributed by atoms with Crippen molar-refractivity contribution < 1.29 is 9.47 Å². The predicted molar refractivity (Wildman–Crippen MR) is 87.2 cm³/mol. The normalized spacial score (nSPS) is 23.4. The molecule has 3 rings (SSSR count). The zero-order valence-electron chi connectivity index (χ0n) is 12.8. The number of aromatic nitrogens is 1. The van der Waals surface area contributed by atoms with Crippen LogP contribution in [0.2, 0.25) is 5.15 Å². The van der Waals surface area contributed by atoms with Gasteiger partial charge in [-0.2, -0.15) is 4.98 Å². The van der Waals surface area contributed by atoms with Gasteiger partial charge in [-0.05, 0) is 32.9 Å². The molecule has 1 aromatic rings. The van der Waals surface area contributed by atoms with E-state index < -0.39 is 0 Å². The third kappa shape index (κ3) is 3.74. The van der Waals surface area contributed by atoms with Crippen LogP contribution in [0.15, 0.2) is 6.07 Å². The SMILES string of the molecule is CCNc1cc(OC[C@H]2CCN2)c(OC[C@H]2CCN2)nc1Cl. The molecule has 122 valence electrons. The second kappa shape index (κ2) is 7.35. The lowest BCUT2D eigenvalue weighted by molar-refractivity contribution is 0.183. The van der Waals surface area contributed by atoms with Crippen LogP contribution in [-0.2, 0) is 0 Å². The molecule has 7 heteroatoms. The minimum absolute atomic E-state index is 0.398. The standard InChI is InChI=1S/C15H23ClN4O2/c1-2-17-12-7-13(21-8-10-3-5-18-10)15(20-14(12)16)22-9-11-4-6-19-11/h7,10-11,17-19H,2-6,8-9H2,1H3/t10-,11-/m1/s1. The van der Waals surface area contributed by atoms with Gasteiger partial charge < -0.3 is 25.4 Å². The number of nitrogens with one attached hydrogen (secondary N) is 3. The molecule has 0 radical (unpaired) electrons. The number of hydrogen-bond acceptors (Lipinski definition) is 6. The minimum Gasteiger partial charge on any atom is -0.486 e. The van der Waals surface area contributed by atoms with Crippen molar-refractivity contribution in [3.63, 3.8) is 0 Å². The van der Waals surface area contributed by atoms with Gasteiger partial charge in [0.2, 0.25) is 0 Å². The fourth-order valence-electron chi connectivity index (χ4n) is 2.33. The summed E-state index contributed by atoms with van der Waals surface area (Å²) in [6, 6.07) is 2.69. The van der Waals surface area contributed by atoms with E-state index in [9.17, 15) is 0 Å². The first kappa shape index (κ1) is 15.6. The lowest BCUT2D eigenvalue weighted by atomic mass is 10.1. The van der Waals surface area contributed by atoms with Crippen molar-refractivity contribution in [1.82, 2.24) is 15.6 Å². The molecule has 2 aliphatic heterocycles. The fourth-order valence-corrected chi connectivity index (χ4v) is 2.53. The van der Waals surface area contributed by atoms with Gasteiger partial charge in [0.25, 0.3) is 5.88 Å².